The van der Waals surface area contributed by atoms with E-state index < -0.39 is 0 Å². The Hall–Kier alpha value is -1.83. The fourth-order valence-electron chi connectivity index (χ4n) is 2.23. The van der Waals surface area contributed by atoms with Gasteiger partial charge in [-0.15, -0.1) is 0 Å². The first-order valence-corrected chi connectivity index (χ1v) is 6.81. The summed E-state index contributed by atoms with van der Waals surface area (Å²) in [7, 11) is 0. The summed E-state index contributed by atoms with van der Waals surface area (Å²) >= 11 is 0. The SMILES string of the molecule is Cc1ccc(C(=O)N2CCOCC2C)cc1C#CCN. The zero-order valence-corrected chi connectivity index (χ0v) is 12.0. The number of amides is 1. The van der Waals surface area contributed by atoms with Crippen molar-refractivity contribution in [2.24, 2.45) is 5.73 Å². The number of carbonyl (C=O) groups excluding carboxylic acids is 1. The molecule has 1 aromatic carbocycles. The molecule has 0 aromatic heterocycles. The van der Waals surface area contributed by atoms with Crippen molar-refractivity contribution in [1.82, 2.24) is 4.90 Å². The van der Waals surface area contributed by atoms with Crippen molar-refractivity contribution < 1.29 is 9.53 Å². The van der Waals surface area contributed by atoms with Gasteiger partial charge in [-0.3, -0.25) is 4.79 Å². The molecular weight excluding hydrogens is 252 g/mol. The maximum Gasteiger partial charge on any atom is 0.254 e. The highest BCUT2D eigenvalue weighted by Crippen LogP contribution is 2.15. The predicted octanol–water partition coefficient (Wildman–Crippen LogP) is 1.17. The summed E-state index contributed by atoms with van der Waals surface area (Å²) in [4.78, 5) is 14.4. The van der Waals surface area contributed by atoms with Gasteiger partial charge in [-0.05, 0) is 31.5 Å². The number of ether oxygens (including phenoxy) is 1. The molecule has 20 heavy (non-hydrogen) atoms. The molecule has 4 nitrogen and oxygen atoms in total. The molecule has 0 spiro atoms. The lowest BCUT2D eigenvalue weighted by Crippen LogP contribution is -2.47. The Balaban J connectivity index is 2.25. The first-order valence-electron chi connectivity index (χ1n) is 6.81. The van der Waals surface area contributed by atoms with Gasteiger partial charge in [0.05, 0.1) is 25.8 Å². The van der Waals surface area contributed by atoms with Gasteiger partial charge in [-0.25, -0.2) is 0 Å². The van der Waals surface area contributed by atoms with E-state index in [-0.39, 0.29) is 11.9 Å². The molecule has 1 heterocycles. The van der Waals surface area contributed by atoms with Crippen LogP contribution in [0.5, 0.6) is 0 Å². The van der Waals surface area contributed by atoms with Crippen molar-refractivity contribution in [2.45, 2.75) is 19.9 Å². The second-order valence-corrected chi connectivity index (χ2v) is 4.96. The molecule has 1 saturated heterocycles. The van der Waals surface area contributed by atoms with Crippen LogP contribution in [0, 0.1) is 18.8 Å². The Morgan fingerprint density at radius 1 is 1.55 bits per heavy atom. The molecule has 1 amide bonds. The Kier molecular flexibility index (Phi) is 4.78. The lowest BCUT2D eigenvalue weighted by Gasteiger charge is -2.33. The number of nitrogens with zero attached hydrogens (tertiary/aromatic N) is 1. The number of hydrogen-bond donors (Lipinski definition) is 1. The predicted molar refractivity (Wildman–Crippen MR) is 78.4 cm³/mol. The van der Waals surface area contributed by atoms with Gasteiger partial charge in [0.1, 0.15) is 0 Å². The van der Waals surface area contributed by atoms with Crippen LogP contribution >= 0.6 is 0 Å². The normalized spacial score (nSPS) is 18.4. The number of rotatable bonds is 1. The maximum atomic E-state index is 12.5. The molecule has 1 aromatic rings. The molecule has 106 valence electrons. The third-order valence-electron chi connectivity index (χ3n) is 3.44. The minimum Gasteiger partial charge on any atom is -0.377 e. The third kappa shape index (κ3) is 3.19. The summed E-state index contributed by atoms with van der Waals surface area (Å²) in [5.74, 6) is 5.88. The van der Waals surface area contributed by atoms with Crippen LogP contribution in [0.3, 0.4) is 0 Å². The molecule has 1 aliphatic heterocycles. The quantitative estimate of drug-likeness (QED) is 0.781. The minimum absolute atomic E-state index is 0.0385. The molecule has 1 unspecified atom stereocenters. The van der Waals surface area contributed by atoms with Gasteiger partial charge < -0.3 is 15.4 Å². The summed E-state index contributed by atoms with van der Waals surface area (Å²) in [5.41, 5.74) is 7.99. The van der Waals surface area contributed by atoms with Crippen molar-refractivity contribution in [2.75, 3.05) is 26.3 Å². The van der Waals surface area contributed by atoms with Gasteiger partial charge in [-0.2, -0.15) is 0 Å². The Morgan fingerprint density at radius 3 is 3.05 bits per heavy atom. The van der Waals surface area contributed by atoms with Crippen molar-refractivity contribution in [3.8, 4) is 11.8 Å². The molecule has 2 rings (SSSR count). The second kappa shape index (κ2) is 6.56. The van der Waals surface area contributed by atoms with Crippen molar-refractivity contribution >= 4 is 5.91 Å². The second-order valence-electron chi connectivity index (χ2n) is 4.96. The minimum atomic E-state index is 0.0385. The van der Waals surface area contributed by atoms with E-state index >= 15 is 0 Å². The van der Waals surface area contributed by atoms with Gasteiger partial charge >= 0.3 is 0 Å². The van der Waals surface area contributed by atoms with E-state index in [9.17, 15) is 4.79 Å². The molecule has 2 N–H and O–H groups in total. The standard InChI is InChI=1S/C16H20N2O2/c1-12-5-6-15(10-14(12)4-3-7-17)16(19)18-8-9-20-11-13(18)2/h5-6,10,13H,7-9,11,17H2,1-2H3. The molecule has 1 aliphatic rings. The summed E-state index contributed by atoms with van der Waals surface area (Å²) < 4.78 is 5.36. The summed E-state index contributed by atoms with van der Waals surface area (Å²) in [5, 5.41) is 0. The molecule has 0 saturated carbocycles. The summed E-state index contributed by atoms with van der Waals surface area (Å²) in [6.07, 6.45) is 0. The average Bonchev–Trinajstić information content (AvgIpc) is 2.46. The van der Waals surface area contributed by atoms with Crippen LogP contribution < -0.4 is 5.73 Å². The molecular formula is C16H20N2O2. The van der Waals surface area contributed by atoms with E-state index in [0.29, 0.717) is 31.9 Å². The number of carbonyl (C=O) groups is 1. The first kappa shape index (κ1) is 14.6. The highest BCUT2D eigenvalue weighted by Gasteiger charge is 2.24. The van der Waals surface area contributed by atoms with E-state index in [1.54, 1.807) is 0 Å². The van der Waals surface area contributed by atoms with Gasteiger partial charge in [0.2, 0.25) is 0 Å². The molecule has 0 radical (unpaired) electrons. The lowest BCUT2D eigenvalue weighted by molar-refractivity contribution is 0.00359. The van der Waals surface area contributed by atoms with Crippen LogP contribution in [-0.2, 0) is 4.74 Å². The number of nitrogens with two attached hydrogens (primary N) is 1. The van der Waals surface area contributed by atoms with E-state index in [1.165, 1.54) is 0 Å². The van der Waals surface area contributed by atoms with Crippen LogP contribution in [0.25, 0.3) is 0 Å². The first-order chi connectivity index (χ1) is 9.63. The number of benzene rings is 1. The zero-order valence-electron chi connectivity index (χ0n) is 12.0. The molecule has 4 heteroatoms. The van der Waals surface area contributed by atoms with E-state index in [2.05, 4.69) is 11.8 Å². The number of morpholine rings is 1. The Morgan fingerprint density at radius 2 is 2.35 bits per heavy atom. The van der Waals surface area contributed by atoms with Crippen molar-refractivity contribution in [1.29, 1.82) is 0 Å². The highest BCUT2D eigenvalue weighted by molar-refractivity contribution is 5.95. The van der Waals surface area contributed by atoms with Gasteiger partial charge in [0, 0.05) is 17.7 Å². The van der Waals surface area contributed by atoms with E-state index in [4.69, 9.17) is 10.5 Å². The fourth-order valence-corrected chi connectivity index (χ4v) is 2.23. The van der Waals surface area contributed by atoms with Crippen LogP contribution in [0.4, 0.5) is 0 Å². The summed E-state index contributed by atoms with van der Waals surface area (Å²) in [6, 6.07) is 5.74. The molecule has 1 fully saturated rings. The van der Waals surface area contributed by atoms with Crippen LogP contribution in [0.2, 0.25) is 0 Å². The maximum absolute atomic E-state index is 12.5. The monoisotopic (exact) mass is 272 g/mol. The number of hydrogen-bond acceptors (Lipinski definition) is 3. The van der Waals surface area contributed by atoms with E-state index in [1.807, 2.05) is 36.9 Å². The fraction of sp³-hybridized carbons (Fsp3) is 0.438. The van der Waals surface area contributed by atoms with E-state index in [0.717, 1.165) is 11.1 Å². The third-order valence-corrected chi connectivity index (χ3v) is 3.44. The number of aryl methyl sites for hydroxylation is 1. The van der Waals surface area contributed by atoms with Gasteiger partial charge in [0.15, 0.2) is 0 Å². The lowest BCUT2D eigenvalue weighted by atomic mass is 10.0. The highest BCUT2D eigenvalue weighted by atomic mass is 16.5. The van der Waals surface area contributed by atoms with Gasteiger partial charge in [-0.1, -0.05) is 17.9 Å². The largest absolute Gasteiger partial charge is 0.377 e. The molecule has 1 atom stereocenters. The van der Waals surface area contributed by atoms with Crippen LogP contribution in [0.15, 0.2) is 18.2 Å². The Bertz CT molecular complexity index is 557. The van der Waals surface area contributed by atoms with Gasteiger partial charge in [0.25, 0.3) is 5.91 Å². The molecule has 0 aliphatic carbocycles. The topological polar surface area (TPSA) is 55.6 Å². The van der Waals surface area contributed by atoms with Crippen LogP contribution in [-0.4, -0.2) is 43.2 Å². The smallest absolute Gasteiger partial charge is 0.254 e. The molecule has 0 bridgehead atoms. The average molecular weight is 272 g/mol. The van der Waals surface area contributed by atoms with Crippen molar-refractivity contribution in [3.63, 3.8) is 0 Å². The van der Waals surface area contributed by atoms with Crippen molar-refractivity contribution in [3.05, 3.63) is 34.9 Å². The zero-order chi connectivity index (χ0) is 14.5. The summed E-state index contributed by atoms with van der Waals surface area (Å²) in [6.45, 7) is 6.13. The Labute approximate surface area is 119 Å². The van der Waals surface area contributed by atoms with Crippen LogP contribution in [0.1, 0.15) is 28.4 Å².